The molecule has 2 rings (SSSR count). The number of nitriles is 1. The van der Waals surface area contributed by atoms with Crippen LogP contribution in [0.15, 0.2) is 23.3 Å². The predicted octanol–water partition coefficient (Wildman–Crippen LogP) is 1.27. The van der Waals surface area contributed by atoms with Crippen LogP contribution >= 0.6 is 0 Å². The molecule has 0 radical (unpaired) electrons. The third-order valence-corrected chi connectivity index (χ3v) is 3.44. The molecule has 2 aromatic heterocycles. The fraction of sp³-hybridized carbons (Fsp3) is 0.438. The van der Waals surface area contributed by atoms with Crippen molar-refractivity contribution in [3.8, 4) is 17.6 Å². The topological polar surface area (TPSA) is 127 Å². The molecular weight excluding hydrogens is 318 g/mol. The maximum atomic E-state index is 8.55. The fourth-order valence-corrected chi connectivity index (χ4v) is 2.24. The molecule has 9 nitrogen and oxygen atoms in total. The van der Waals surface area contributed by atoms with E-state index in [-0.39, 0.29) is 0 Å². The van der Waals surface area contributed by atoms with Crippen molar-refractivity contribution >= 4 is 11.8 Å². The number of aryl methyl sites for hydroxylation is 1. The van der Waals surface area contributed by atoms with Crippen LogP contribution < -0.4 is 16.0 Å². The molecule has 0 atom stereocenters. The van der Waals surface area contributed by atoms with Gasteiger partial charge in [-0.15, -0.1) is 0 Å². The summed E-state index contributed by atoms with van der Waals surface area (Å²) in [5.74, 6) is 2.83. The van der Waals surface area contributed by atoms with E-state index in [2.05, 4.69) is 41.1 Å². The summed E-state index contributed by atoms with van der Waals surface area (Å²) in [6.07, 6.45) is 6.28. The van der Waals surface area contributed by atoms with Crippen molar-refractivity contribution in [2.75, 3.05) is 25.5 Å². The Morgan fingerprint density at radius 1 is 1.40 bits per heavy atom. The highest BCUT2D eigenvalue weighted by Crippen LogP contribution is 2.17. The molecule has 0 aromatic carbocycles. The molecule has 25 heavy (non-hydrogen) atoms. The van der Waals surface area contributed by atoms with Crippen LogP contribution in [-0.2, 0) is 6.42 Å². The first-order valence-corrected chi connectivity index (χ1v) is 8.24. The molecule has 132 valence electrons. The van der Waals surface area contributed by atoms with Gasteiger partial charge in [0.25, 0.3) is 0 Å². The van der Waals surface area contributed by atoms with Gasteiger partial charge in [-0.1, -0.05) is 0 Å². The molecule has 0 saturated heterocycles. The zero-order valence-corrected chi connectivity index (χ0v) is 14.5. The van der Waals surface area contributed by atoms with Crippen LogP contribution in [0.3, 0.4) is 0 Å². The van der Waals surface area contributed by atoms with Crippen molar-refractivity contribution in [2.24, 2.45) is 4.99 Å². The molecule has 0 unspecified atom stereocenters. The smallest absolute Gasteiger partial charge is 0.204 e. The standard InChI is InChI=1S/C16H23N9/c1-3-19-14-10-12(7-9-20-14)15-23-13(24-25-15)6-4-5-8-21-16(18-2)22-11-17/h7,9-10H,3-6,8H2,1-2H3,(H,19,20)(H2,18,21,22)(H,23,24,25). The minimum Gasteiger partial charge on any atom is -0.370 e. The summed E-state index contributed by atoms with van der Waals surface area (Å²) >= 11 is 0. The Morgan fingerprint density at radius 2 is 2.28 bits per heavy atom. The van der Waals surface area contributed by atoms with Crippen molar-refractivity contribution in [3.63, 3.8) is 0 Å². The van der Waals surface area contributed by atoms with E-state index in [9.17, 15) is 0 Å². The Labute approximate surface area is 147 Å². The summed E-state index contributed by atoms with van der Waals surface area (Å²) in [4.78, 5) is 12.7. The Hall–Kier alpha value is -3.15. The van der Waals surface area contributed by atoms with Gasteiger partial charge >= 0.3 is 0 Å². The average molecular weight is 341 g/mol. The quantitative estimate of drug-likeness (QED) is 0.187. The number of hydrogen-bond acceptors (Lipinski definition) is 6. The first kappa shape index (κ1) is 18.2. The molecular formula is C16H23N9. The fourth-order valence-electron chi connectivity index (χ4n) is 2.24. The van der Waals surface area contributed by atoms with Gasteiger partial charge in [-0.3, -0.25) is 15.4 Å². The highest BCUT2D eigenvalue weighted by atomic mass is 15.2. The van der Waals surface area contributed by atoms with Crippen LogP contribution in [0.1, 0.15) is 25.6 Å². The second-order valence-corrected chi connectivity index (χ2v) is 5.26. The second-order valence-electron chi connectivity index (χ2n) is 5.26. The highest BCUT2D eigenvalue weighted by molar-refractivity contribution is 5.80. The summed E-state index contributed by atoms with van der Waals surface area (Å²) in [6, 6.07) is 3.83. The van der Waals surface area contributed by atoms with Gasteiger partial charge in [0.15, 0.2) is 12.0 Å². The number of pyridine rings is 1. The van der Waals surface area contributed by atoms with Gasteiger partial charge in [0.05, 0.1) is 0 Å². The average Bonchev–Trinajstić information content (AvgIpc) is 3.10. The lowest BCUT2D eigenvalue weighted by molar-refractivity contribution is 0.685. The number of aromatic nitrogens is 4. The van der Waals surface area contributed by atoms with Gasteiger partial charge < -0.3 is 10.6 Å². The minimum absolute atomic E-state index is 0.485. The van der Waals surface area contributed by atoms with E-state index in [0.717, 1.165) is 49.6 Å². The molecule has 0 aliphatic carbocycles. The van der Waals surface area contributed by atoms with E-state index in [4.69, 9.17) is 5.26 Å². The van der Waals surface area contributed by atoms with Crippen molar-refractivity contribution in [2.45, 2.75) is 26.2 Å². The van der Waals surface area contributed by atoms with E-state index in [0.29, 0.717) is 11.8 Å². The van der Waals surface area contributed by atoms with Gasteiger partial charge in [-0.2, -0.15) is 10.4 Å². The molecule has 4 N–H and O–H groups in total. The van der Waals surface area contributed by atoms with E-state index >= 15 is 0 Å². The number of nitrogens with one attached hydrogen (secondary N) is 4. The third-order valence-electron chi connectivity index (χ3n) is 3.44. The molecule has 2 heterocycles. The molecule has 0 aliphatic rings. The summed E-state index contributed by atoms with van der Waals surface area (Å²) in [5.41, 5.74) is 0.932. The van der Waals surface area contributed by atoms with E-state index in [1.54, 1.807) is 13.2 Å². The first-order valence-electron chi connectivity index (χ1n) is 8.24. The number of aliphatic imine (C=N–C) groups is 1. The number of rotatable bonds is 8. The normalized spacial score (nSPS) is 11.0. The zero-order chi connectivity index (χ0) is 17.9. The molecule has 0 fully saturated rings. The van der Waals surface area contributed by atoms with Gasteiger partial charge in [-0.05, 0) is 31.9 Å². The van der Waals surface area contributed by atoms with Gasteiger partial charge in [0.1, 0.15) is 11.6 Å². The minimum atomic E-state index is 0.485. The van der Waals surface area contributed by atoms with Crippen molar-refractivity contribution in [1.29, 1.82) is 5.26 Å². The summed E-state index contributed by atoms with van der Waals surface area (Å²) in [5, 5.41) is 24.5. The Morgan fingerprint density at radius 3 is 3.04 bits per heavy atom. The summed E-state index contributed by atoms with van der Waals surface area (Å²) in [7, 11) is 1.63. The maximum absolute atomic E-state index is 8.55. The van der Waals surface area contributed by atoms with Crippen LogP contribution in [0.5, 0.6) is 0 Å². The Balaban J connectivity index is 1.80. The summed E-state index contributed by atoms with van der Waals surface area (Å²) in [6.45, 7) is 3.58. The number of unbranched alkanes of at least 4 members (excludes halogenated alkanes) is 1. The van der Waals surface area contributed by atoms with Crippen LogP contribution in [0.25, 0.3) is 11.4 Å². The maximum Gasteiger partial charge on any atom is 0.204 e. The van der Waals surface area contributed by atoms with Crippen LogP contribution in [-0.4, -0.2) is 46.3 Å². The van der Waals surface area contributed by atoms with E-state index < -0.39 is 0 Å². The number of nitrogens with zero attached hydrogens (tertiary/aromatic N) is 5. The van der Waals surface area contributed by atoms with E-state index in [1.165, 1.54) is 0 Å². The van der Waals surface area contributed by atoms with Crippen molar-refractivity contribution < 1.29 is 0 Å². The van der Waals surface area contributed by atoms with Gasteiger partial charge in [0.2, 0.25) is 5.96 Å². The first-order chi connectivity index (χ1) is 12.3. The van der Waals surface area contributed by atoms with Crippen molar-refractivity contribution in [3.05, 3.63) is 24.2 Å². The molecule has 2 aromatic rings. The monoisotopic (exact) mass is 341 g/mol. The lowest BCUT2D eigenvalue weighted by atomic mass is 10.2. The second kappa shape index (κ2) is 9.87. The molecule has 0 aliphatic heterocycles. The summed E-state index contributed by atoms with van der Waals surface area (Å²) < 4.78 is 0. The lowest BCUT2D eigenvalue weighted by Crippen LogP contribution is -2.34. The molecule has 9 heteroatoms. The number of aromatic amines is 1. The Kier molecular flexibility index (Phi) is 7.18. The molecule has 0 spiro atoms. The predicted molar refractivity (Wildman–Crippen MR) is 96.8 cm³/mol. The van der Waals surface area contributed by atoms with Crippen LogP contribution in [0, 0.1) is 11.5 Å². The molecule has 0 saturated carbocycles. The number of anilines is 1. The number of H-pyrrole nitrogens is 1. The number of guanidine groups is 1. The van der Waals surface area contributed by atoms with E-state index in [1.807, 2.05) is 25.2 Å². The Bertz CT molecular complexity index is 729. The third kappa shape index (κ3) is 5.76. The molecule has 0 amide bonds. The molecule has 0 bridgehead atoms. The van der Waals surface area contributed by atoms with Crippen molar-refractivity contribution in [1.82, 2.24) is 30.8 Å². The van der Waals surface area contributed by atoms with Gasteiger partial charge in [0, 0.05) is 38.3 Å². The zero-order valence-electron chi connectivity index (χ0n) is 14.5. The van der Waals surface area contributed by atoms with Crippen LogP contribution in [0.2, 0.25) is 0 Å². The lowest BCUT2D eigenvalue weighted by Gasteiger charge is -2.05. The highest BCUT2D eigenvalue weighted by Gasteiger charge is 2.07. The SMILES string of the molecule is CCNc1cc(-c2n[nH]c(CCCCNC(=NC)NC#N)n2)ccn1. The number of hydrogen-bond donors (Lipinski definition) is 4. The van der Waals surface area contributed by atoms with Gasteiger partial charge in [-0.25, -0.2) is 9.97 Å². The van der Waals surface area contributed by atoms with Crippen LogP contribution in [0.4, 0.5) is 5.82 Å². The largest absolute Gasteiger partial charge is 0.370 e.